The molecule has 0 rings (SSSR count). The van der Waals surface area contributed by atoms with Crippen molar-refractivity contribution in [2.45, 2.75) is 30.5 Å². The summed E-state index contributed by atoms with van der Waals surface area (Å²) in [6.45, 7) is 0. The molecule has 0 saturated carbocycles. The molecule has 0 saturated heterocycles. The number of aliphatic carboxylic acids is 1. The van der Waals surface area contributed by atoms with Crippen LogP contribution >= 0.6 is 0 Å². The quantitative estimate of drug-likeness (QED) is 0.362. The third kappa shape index (κ3) is 3.91. The van der Waals surface area contributed by atoms with E-state index in [9.17, 15) is 62.6 Å². The van der Waals surface area contributed by atoms with Gasteiger partial charge in [0.25, 0.3) is 0 Å². The first kappa shape index (κ1) is 23.9. The van der Waals surface area contributed by atoms with E-state index < -0.39 is 41.4 Å². The van der Waals surface area contributed by atoms with Crippen LogP contribution in [0.5, 0.6) is 0 Å². The van der Waals surface area contributed by atoms with Crippen LogP contribution in [0.1, 0.15) is 0 Å². The first-order valence-corrected chi connectivity index (χ1v) is 4.10. The van der Waals surface area contributed by atoms with Crippen LogP contribution in [0.2, 0.25) is 0 Å². The fourth-order valence-electron chi connectivity index (χ4n) is 1.03. The van der Waals surface area contributed by atoms with Crippen molar-refractivity contribution in [3.05, 3.63) is 0 Å². The number of halogens is 12. The SMILES string of the molecule is O=C([O-])C(F)(C(F)(F)F)C(F)(F)N(C(F)(F)F)C(F)(F)F.[Na+]. The molecule has 0 spiro atoms. The van der Waals surface area contributed by atoms with Crippen molar-refractivity contribution in [1.29, 1.82) is 0 Å². The van der Waals surface area contributed by atoms with Crippen molar-refractivity contribution in [2.24, 2.45) is 0 Å². The topological polar surface area (TPSA) is 43.4 Å². The van der Waals surface area contributed by atoms with Gasteiger partial charge >= 0.3 is 60.0 Å². The van der Waals surface area contributed by atoms with E-state index in [-0.39, 0.29) is 29.6 Å². The van der Waals surface area contributed by atoms with Crippen LogP contribution in [-0.2, 0) is 4.79 Å². The van der Waals surface area contributed by atoms with Gasteiger partial charge in [0.15, 0.2) is 0 Å². The Balaban J connectivity index is 0. The molecule has 1 unspecified atom stereocenters. The average Bonchev–Trinajstić information content (AvgIpc) is 2.07. The summed E-state index contributed by atoms with van der Waals surface area (Å²) in [7, 11) is 0. The maximum atomic E-state index is 12.9. The Hall–Kier alpha value is -0.410. The molecule has 16 heteroatoms. The Labute approximate surface area is 134 Å². The molecule has 0 aromatic carbocycles. The van der Waals surface area contributed by atoms with E-state index in [4.69, 9.17) is 0 Å². The number of carboxylic acids is 1. The van der Waals surface area contributed by atoms with Gasteiger partial charge in [-0.05, 0) is 0 Å². The molecular formula is C6F12NNaO2. The van der Waals surface area contributed by atoms with Gasteiger partial charge in [-0.15, -0.1) is 0 Å². The number of carboxylic acid groups (broad SMARTS) is 1. The van der Waals surface area contributed by atoms with E-state index >= 15 is 0 Å². The Morgan fingerprint density at radius 2 is 1.00 bits per heavy atom. The van der Waals surface area contributed by atoms with Crippen molar-refractivity contribution in [3.63, 3.8) is 0 Å². The minimum absolute atomic E-state index is 0. The van der Waals surface area contributed by atoms with Crippen LogP contribution in [-0.4, -0.2) is 41.4 Å². The molecule has 0 aliphatic carbocycles. The smallest absolute Gasteiger partial charge is 0.546 e. The van der Waals surface area contributed by atoms with Crippen LogP contribution < -0.4 is 34.7 Å². The molecule has 1 atom stereocenters. The second kappa shape index (κ2) is 6.24. The van der Waals surface area contributed by atoms with Gasteiger partial charge in [-0.3, -0.25) is 0 Å². The third-order valence-corrected chi connectivity index (χ3v) is 1.87. The van der Waals surface area contributed by atoms with E-state index in [1.165, 1.54) is 0 Å². The number of alkyl halides is 12. The van der Waals surface area contributed by atoms with E-state index in [1.807, 2.05) is 0 Å². The number of carbonyl (C=O) groups excluding carboxylic acids is 1. The summed E-state index contributed by atoms with van der Waals surface area (Å²) in [6, 6.07) is -7.62. The standard InChI is InChI=1S/C6HF12NO2.Na/c7-2(1(20)21,3(8,9)10)4(11,12)19(5(13,14)15)6(16,17)18;/h(H,20,21);/q;+1/p-1. The molecule has 3 nitrogen and oxygen atoms in total. The van der Waals surface area contributed by atoms with Gasteiger partial charge in [-0.1, -0.05) is 4.90 Å². The van der Waals surface area contributed by atoms with E-state index in [0.717, 1.165) is 0 Å². The van der Waals surface area contributed by atoms with Crippen LogP contribution in [0.25, 0.3) is 0 Å². The molecular weight excluding hydrogens is 369 g/mol. The number of hydrogen-bond donors (Lipinski definition) is 0. The predicted molar refractivity (Wildman–Crippen MR) is 33.8 cm³/mol. The van der Waals surface area contributed by atoms with Crippen LogP contribution in [0.4, 0.5) is 52.7 Å². The molecule has 0 aromatic heterocycles. The number of carbonyl (C=O) groups is 1. The van der Waals surface area contributed by atoms with Gasteiger partial charge in [0.05, 0.1) is 5.97 Å². The second-order valence-corrected chi connectivity index (χ2v) is 3.26. The summed E-state index contributed by atoms with van der Waals surface area (Å²) in [5.41, 5.74) is -7.27. The second-order valence-electron chi connectivity index (χ2n) is 3.26. The van der Waals surface area contributed by atoms with E-state index in [1.54, 1.807) is 0 Å². The number of hydrogen-bond acceptors (Lipinski definition) is 3. The molecule has 126 valence electrons. The normalized spacial score (nSPS) is 17.0. The zero-order valence-corrected chi connectivity index (χ0v) is 11.8. The van der Waals surface area contributed by atoms with Gasteiger partial charge in [-0.25, -0.2) is 4.39 Å². The Kier molecular flexibility index (Phi) is 6.76. The Morgan fingerprint density at radius 3 is 1.14 bits per heavy atom. The van der Waals surface area contributed by atoms with E-state index in [2.05, 4.69) is 0 Å². The zero-order chi connectivity index (χ0) is 17.7. The molecule has 0 radical (unpaired) electrons. The summed E-state index contributed by atoms with van der Waals surface area (Å²) in [5, 5.41) is 9.83. The van der Waals surface area contributed by atoms with Gasteiger partial charge in [-0.2, -0.15) is 48.3 Å². The fraction of sp³-hybridized carbons (Fsp3) is 0.833. The zero-order valence-electron chi connectivity index (χ0n) is 9.80. The molecule has 0 fully saturated rings. The first-order valence-electron chi connectivity index (χ1n) is 4.10. The maximum Gasteiger partial charge on any atom is 1.00 e. The van der Waals surface area contributed by atoms with Crippen molar-refractivity contribution >= 4 is 5.97 Å². The van der Waals surface area contributed by atoms with Crippen LogP contribution in [0.3, 0.4) is 0 Å². The molecule has 0 aromatic rings. The van der Waals surface area contributed by atoms with Crippen molar-refractivity contribution in [3.8, 4) is 0 Å². The first-order chi connectivity index (χ1) is 8.81. The summed E-state index contributed by atoms with van der Waals surface area (Å²) >= 11 is 0. The Bertz CT molecular complexity index is 399. The molecule has 0 amide bonds. The molecule has 0 aliphatic rings. The number of nitrogens with zero attached hydrogens (tertiary/aromatic N) is 1. The summed E-state index contributed by atoms with van der Waals surface area (Å²) in [4.78, 5) is 5.71. The summed E-state index contributed by atoms with van der Waals surface area (Å²) in [5.74, 6) is -4.53. The van der Waals surface area contributed by atoms with E-state index in [0.29, 0.717) is 0 Å². The molecule has 22 heavy (non-hydrogen) atoms. The largest absolute Gasteiger partial charge is 1.00 e. The Morgan fingerprint density at radius 1 is 0.727 bits per heavy atom. The van der Waals surface area contributed by atoms with Crippen molar-refractivity contribution in [2.75, 3.05) is 0 Å². The molecule has 0 bridgehead atoms. The summed E-state index contributed by atoms with van der Waals surface area (Å²) < 4.78 is 146. The monoisotopic (exact) mass is 369 g/mol. The molecule has 0 N–H and O–H groups in total. The van der Waals surface area contributed by atoms with Gasteiger partial charge in [0.2, 0.25) is 0 Å². The van der Waals surface area contributed by atoms with Crippen LogP contribution in [0.15, 0.2) is 0 Å². The van der Waals surface area contributed by atoms with Crippen molar-refractivity contribution in [1.82, 2.24) is 4.90 Å². The van der Waals surface area contributed by atoms with Crippen LogP contribution in [0, 0.1) is 0 Å². The molecule has 0 aliphatic heterocycles. The number of rotatable bonds is 3. The minimum atomic E-state index is -7.62. The average molecular weight is 369 g/mol. The van der Waals surface area contributed by atoms with Gasteiger partial charge < -0.3 is 9.90 Å². The maximum absolute atomic E-state index is 12.9. The summed E-state index contributed by atoms with van der Waals surface area (Å²) in [6.07, 6.45) is -21.9. The van der Waals surface area contributed by atoms with Gasteiger partial charge in [0, 0.05) is 0 Å². The van der Waals surface area contributed by atoms with Crippen molar-refractivity contribution < 1.29 is 92.1 Å². The fourth-order valence-corrected chi connectivity index (χ4v) is 1.03. The predicted octanol–water partition coefficient (Wildman–Crippen LogP) is -1.05. The molecule has 0 heterocycles. The minimum Gasteiger partial charge on any atom is -0.546 e. The van der Waals surface area contributed by atoms with Gasteiger partial charge in [0.1, 0.15) is 0 Å². The third-order valence-electron chi connectivity index (χ3n) is 1.87.